The maximum atomic E-state index is 12.6. The van der Waals surface area contributed by atoms with Crippen LogP contribution in [-0.2, 0) is 10.3 Å². The van der Waals surface area contributed by atoms with E-state index in [0.29, 0.717) is 12.8 Å². The number of ether oxygens (including phenoxy) is 1. The number of hydrogen-bond acceptors (Lipinski definition) is 5. The van der Waals surface area contributed by atoms with E-state index in [1.165, 1.54) is 6.33 Å². The summed E-state index contributed by atoms with van der Waals surface area (Å²) in [6.07, 6.45) is 8.43. The molecule has 0 aromatic carbocycles. The number of amides is 1. The molecule has 0 aliphatic carbocycles. The minimum absolute atomic E-state index is 0.00237. The third-order valence-corrected chi connectivity index (χ3v) is 4.71. The predicted molar refractivity (Wildman–Crippen MR) is 84.7 cm³/mol. The highest BCUT2D eigenvalue weighted by molar-refractivity contribution is 5.69. The Hall–Kier alpha value is -1.69. The van der Waals surface area contributed by atoms with E-state index in [1.54, 1.807) is 12.4 Å². The molecule has 3 rings (SSSR count). The van der Waals surface area contributed by atoms with Gasteiger partial charge in [-0.2, -0.15) is 0 Å². The van der Waals surface area contributed by atoms with Gasteiger partial charge in [0.15, 0.2) is 0 Å². The van der Waals surface area contributed by atoms with Gasteiger partial charge in [0.2, 0.25) is 0 Å². The minimum atomic E-state index is -0.963. The van der Waals surface area contributed by atoms with Crippen molar-refractivity contribution in [3.05, 3.63) is 24.3 Å². The molecule has 2 aliphatic heterocycles. The van der Waals surface area contributed by atoms with Crippen LogP contribution >= 0.6 is 0 Å². The van der Waals surface area contributed by atoms with Crippen LogP contribution in [0.5, 0.6) is 0 Å². The molecule has 126 valence electrons. The third-order valence-electron chi connectivity index (χ3n) is 4.71. The fraction of sp³-hybridized carbons (Fsp3) is 0.706. The zero-order valence-corrected chi connectivity index (χ0v) is 14.0. The lowest BCUT2D eigenvalue weighted by Crippen LogP contribution is -2.59. The van der Waals surface area contributed by atoms with Crippen LogP contribution in [0.25, 0.3) is 0 Å². The fourth-order valence-corrected chi connectivity index (χ4v) is 3.82. The van der Waals surface area contributed by atoms with Crippen LogP contribution in [0.4, 0.5) is 4.79 Å². The third kappa shape index (κ3) is 3.32. The lowest BCUT2D eigenvalue weighted by atomic mass is 9.73. The van der Waals surface area contributed by atoms with E-state index < -0.39 is 11.2 Å². The van der Waals surface area contributed by atoms with E-state index in [4.69, 9.17) is 4.74 Å². The van der Waals surface area contributed by atoms with Crippen LogP contribution in [0, 0.1) is 0 Å². The van der Waals surface area contributed by atoms with Gasteiger partial charge in [0, 0.05) is 42.9 Å². The summed E-state index contributed by atoms with van der Waals surface area (Å²) < 4.78 is 5.57. The number of nitrogens with zero attached hydrogens (tertiary/aromatic N) is 3. The molecule has 2 aliphatic rings. The Morgan fingerprint density at radius 3 is 2.35 bits per heavy atom. The van der Waals surface area contributed by atoms with Gasteiger partial charge >= 0.3 is 6.09 Å². The van der Waals surface area contributed by atoms with Gasteiger partial charge in [-0.1, -0.05) is 0 Å². The average molecular weight is 319 g/mol. The van der Waals surface area contributed by atoms with E-state index in [2.05, 4.69) is 9.97 Å². The van der Waals surface area contributed by atoms with E-state index in [9.17, 15) is 9.90 Å². The van der Waals surface area contributed by atoms with Crippen molar-refractivity contribution < 1.29 is 14.6 Å². The van der Waals surface area contributed by atoms with Gasteiger partial charge in [0.1, 0.15) is 11.9 Å². The largest absolute Gasteiger partial charge is 0.444 e. The molecular formula is C17H25N3O3. The van der Waals surface area contributed by atoms with Crippen LogP contribution in [0.2, 0.25) is 0 Å². The molecule has 2 unspecified atom stereocenters. The highest BCUT2D eigenvalue weighted by Crippen LogP contribution is 2.44. The monoisotopic (exact) mass is 319 g/mol. The van der Waals surface area contributed by atoms with E-state index in [-0.39, 0.29) is 18.2 Å². The van der Waals surface area contributed by atoms with Crippen molar-refractivity contribution >= 4 is 6.09 Å². The Labute approximate surface area is 136 Å². The molecule has 1 amide bonds. The first-order chi connectivity index (χ1) is 10.8. The van der Waals surface area contributed by atoms with Gasteiger partial charge in [-0.05, 0) is 40.0 Å². The van der Waals surface area contributed by atoms with Crippen molar-refractivity contribution in [1.82, 2.24) is 14.9 Å². The number of hydrogen-bond donors (Lipinski definition) is 1. The number of aromatic nitrogens is 2. The molecule has 2 fully saturated rings. The highest BCUT2D eigenvalue weighted by atomic mass is 16.6. The molecule has 1 N–H and O–H groups in total. The van der Waals surface area contributed by atoms with Crippen molar-refractivity contribution in [1.29, 1.82) is 0 Å². The van der Waals surface area contributed by atoms with E-state index in [0.717, 1.165) is 24.8 Å². The Morgan fingerprint density at radius 2 is 1.83 bits per heavy atom. The molecule has 0 radical (unpaired) electrons. The zero-order chi connectivity index (χ0) is 16.7. The molecule has 1 aromatic heterocycles. The fourth-order valence-electron chi connectivity index (χ4n) is 3.82. The van der Waals surface area contributed by atoms with Gasteiger partial charge in [-0.3, -0.25) is 0 Å². The summed E-state index contributed by atoms with van der Waals surface area (Å²) in [5, 5.41) is 11.1. The normalized spacial score (nSPS) is 30.9. The molecule has 23 heavy (non-hydrogen) atoms. The zero-order valence-electron chi connectivity index (χ0n) is 14.0. The van der Waals surface area contributed by atoms with Crippen LogP contribution in [0.15, 0.2) is 18.7 Å². The van der Waals surface area contributed by atoms with Crippen molar-refractivity contribution in [3.63, 3.8) is 0 Å². The highest BCUT2D eigenvalue weighted by Gasteiger charge is 2.49. The van der Waals surface area contributed by atoms with E-state index >= 15 is 0 Å². The van der Waals surface area contributed by atoms with Gasteiger partial charge in [0.05, 0.1) is 5.60 Å². The lowest BCUT2D eigenvalue weighted by Gasteiger charge is -2.51. The Kier molecular flexibility index (Phi) is 4.04. The van der Waals surface area contributed by atoms with Crippen molar-refractivity contribution in [2.75, 3.05) is 0 Å². The maximum absolute atomic E-state index is 12.6. The maximum Gasteiger partial charge on any atom is 0.410 e. The molecule has 2 saturated heterocycles. The second-order valence-corrected chi connectivity index (χ2v) is 7.69. The second-order valence-electron chi connectivity index (χ2n) is 7.69. The first kappa shape index (κ1) is 16.2. The summed E-state index contributed by atoms with van der Waals surface area (Å²) in [4.78, 5) is 22.5. The molecule has 0 saturated carbocycles. The van der Waals surface area contributed by atoms with E-state index in [1.807, 2.05) is 25.7 Å². The van der Waals surface area contributed by atoms with Crippen molar-refractivity contribution in [2.24, 2.45) is 0 Å². The predicted octanol–water partition coefficient (Wildman–Crippen LogP) is 2.62. The van der Waals surface area contributed by atoms with Gasteiger partial charge < -0.3 is 14.7 Å². The standard InChI is InChI=1S/C17H25N3O3/c1-16(2,3)23-15(21)20-13-5-4-6-14(20)8-17(22,7-13)12-9-18-11-19-10-12/h9-11,13-14,22H,4-8H2,1-3H3. The summed E-state index contributed by atoms with van der Waals surface area (Å²) >= 11 is 0. The molecule has 2 atom stereocenters. The van der Waals surface area contributed by atoms with Crippen LogP contribution in [0.1, 0.15) is 58.4 Å². The summed E-state index contributed by atoms with van der Waals surface area (Å²) in [6.45, 7) is 5.63. The molecule has 3 heterocycles. The number of piperidine rings is 2. The average Bonchev–Trinajstić information content (AvgIpc) is 2.45. The topological polar surface area (TPSA) is 75.5 Å². The number of carbonyl (C=O) groups excluding carboxylic acids is 1. The Balaban J connectivity index is 1.82. The first-order valence-corrected chi connectivity index (χ1v) is 8.28. The second kappa shape index (κ2) is 5.74. The Bertz CT molecular complexity index is 556. The molecule has 0 spiro atoms. The number of fused-ring (bicyclic) bond motifs is 2. The van der Waals surface area contributed by atoms with Gasteiger partial charge in [-0.25, -0.2) is 14.8 Å². The molecule has 2 bridgehead atoms. The molecule has 1 aromatic rings. The molecule has 6 nitrogen and oxygen atoms in total. The first-order valence-electron chi connectivity index (χ1n) is 8.28. The number of rotatable bonds is 1. The smallest absolute Gasteiger partial charge is 0.410 e. The quantitative estimate of drug-likeness (QED) is 0.861. The number of aliphatic hydroxyl groups is 1. The summed E-state index contributed by atoms with van der Waals surface area (Å²) in [7, 11) is 0. The van der Waals surface area contributed by atoms with Crippen LogP contribution in [-0.4, -0.2) is 43.8 Å². The van der Waals surface area contributed by atoms with Gasteiger partial charge in [0.25, 0.3) is 0 Å². The lowest BCUT2D eigenvalue weighted by molar-refractivity contribution is -0.0967. The summed E-state index contributed by atoms with van der Waals surface area (Å²) in [5.74, 6) is 0. The van der Waals surface area contributed by atoms with Crippen LogP contribution in [0.3, 0.4) is 0 Å². The SMILES string of the molecule is CC(C)(C)OC(=O)N1C2CCCC1CC(O)(c1cncnc1)C2. The Morgan fingerprint density at radius 1 is 1.26 bits per heavy atom. The van der Waals surface area contributed by atoms with Gasteiger partial charge in [-0.15, -0.1) is 0 Å². The molecule has 6 heteroatoms. The van der Waals surface area contributed by atoms with Crippen LogP contribution < -0.4 is 0 Å². The number of carbonyl (C=O) groups is 1. The van der Waals surface area contributed by atoms with Crippen molar-refractivity contribution in [3.8, 4) is 0 Å². The molecular weight excluding hydrogens is 294 g/mol. The summed E-state index contributed by atoms with van der Waals surface area (Å²) in [5.41, 5.74) is -0.734. The van der Waals surface area contributed by atoms with Crippen molar-refractivity contribution in [2.45, 2.75) is 76.2 Å². The minimum Gasteiger partial charge on any atom is -0.444 e. The summed E-state index contributed by atoms with van der Waals surface area (Å²) in [6, 6.07) is 0.00473.